The van der Waals surface area contributed by atoms with E-state index < -0.39 is 0 Å². The van der Waals surface area contributed by atoms with Crippen LogP contribution in [0, 0.1) is 0 Å². The Hall–Kier alpha value is -3.79. The summed E-state index contributed by atoms with van der Waals surface area (Å²) in [5, 5.41) is 0. The van der Waals surface area contributed by atoms with Crippen LogP contribution in [-0.4, -0.2) is 26.7 Å². The summed E-state index contributed by atoms with van der Waals surface area (Å²) in [6.45, 7) is 18.7. The van der Waals surface area contributed by atoms with Crippen molar-refractivity contribution < 1.29 is 0 Å². The molecule has 4 heterocycles. The standard InChI is InChI=1S/C37H42N4/c1-21(2)25-12-10-13-26(22(3)4)31(25)24-16-17-28-29(20-24)27-14-11-15-30-32(27)41-33(28)34(35-38-18-19-39(35)9)40(23(5)6)36(41)37(30,7)8/h10-23,36H,1-9H3. The summed E-state index contributed by atoms with van der Waals surface area (Å²) in [5.74, 6) is 1.93. The number of anilines is 1. The number of imidazole rings is 1. The predicted molar refractivity (Wildman–Crippen MR) is 172 cm³/mol. The van der Waals surface area contributed by atoms with Crippen LogP contribution >= 0.6 is 0 Å². The van der Waals surface area contributed by atoms with E-state index >= 15 is 0 Å². The van der Waals surface area contributed by atoms with Gasteiger partial charge in [-0.1, -0.05) is 90.1 Å². The van der Waals surface area contributed by atoms with Crippen molar-refractivity contribution in [3.8, 4) is 22.3 Å². The molecule has 0 aliphatic carbocycles. The molecule has 1 atom stereocenters. The van der Waals surface area contributed by atoms with E-state index in [1.54, 1.807) is 0 Å². The maximum atomic E-state index is 4.92. The summed E-state index contributed by atoms with van der Waals surface area (Å²) >= 11 is 0. The Bertz CT molecular complexity index is 1710. The van der Waals surface area contributed by atoms with Crippen LogP contribution in [0.1, 0.15) is 95.3 Å². The molecule has 0 saturated heterocycles. The molecule has 0 bridgehead atoms. The quantitative estimate of drug-likeness (QED) is 0.251. The molecule has 0 amide bonds. The zero-order valence-electron chi connectivity index (χ0n) is 25.9. The summed E-state index contributed by atoms with van der Waals surface area (Å²) in [6.07, 6.45) is 4.19. The van der Waals surface area contributed by atoms with Crippen molar-refractivity contribution in [1.29, 1.82) is 0 Å². The van der Waals surface area contributed by atoms with Gasteiger partial charge in [0.1, 0.15) is 11.9 Å². The molecule has 1 unspecified atom stereocenters. The molecular weight excluding hydrogens is 500 g/mol. The first kappa shape index (κ1) is 26.1. The van der Waals surface area contributed by atoms with E-state index in [4.69, 9.17) is 4.98 Å². The van der Waals surface area contributed by atoms with Gasteiger partial charge in [0.25, 0.3) is 0 Å². The Morgan fingerprint density at radius 3 is 2.07 bits per heavy atom. The average molecular weight is 543 g/mol. The molecule has 3 aromatic carbocycles. The predicted octanol–water partition coefficient (Wildman–Crippen LogP) is 8.99. The SMILES string of the molecule is CC(C)c1cccc(C(C)C)c1-c1ccc2c(c1)-c1cccc3c1N1C2=C(c2nccn2C)N(C(C)C)C1C3(C)C. The normalized spacial score (nSPS) is 18.3. The number of benzene rings is 3. The van der Waals surface area contributed by atoms with Crippen LogP contribution in [-0.2, 0) is 12.5 Å². The van der Waals surface area contributed by atoms with Gasteiger partial charge in [0.05, 0.1) is 11.4 Å². The van der Waals surface area contributed by atoms with Crippen LogP contribution < -0.4 is 4.90 Å². The van der Waals surface area contributed by atoms with Gasteiger partial charge < -0.3 is 14.4 Å². The highest BCUT2D eigenvalue weighted by molar-refractivity contribution is 6.11. The molecule has 4 heteroatoms. The Morgan fingerprint density at radius 2 is 1.46 bits per heavy atom. The number of para-hydroxylation sites is 1. The van der Waals surface area contributed by atoms with E-state index in [-0.39, 0.29) is 11.6 Å². The van der Waals surface area contributed by atoms with Gasteiger partial charge in [-0.25, -0.2) is 4.98 Å². The number of fused-ring (bicyclic) bond motifs is 3. The fourth-order valence-corrected chi connectivity index (χ4v) is 7.82. The molecule has 0 spiro atoms. The second kappa shape index (κ2) is 8.85. The van der Waals surface area contributed by atoms with Crippen molar-refractivity contribution >= 4 is 17.1 Å². The fourth-order valence-electron chi connectivity index (χ4n) is 7.82. The molecule has 7 rings (SSSR count). The first-order valence-corrected chi connectivity index (χ1v) is 15.2. The lowest BCUT2D eigenvalue weighted by Crippen LogP contribution is -2.50. The van der Waals surface area contributed by atoms with Gasteiger partial charge in [-0.3, -0.25) is 0 Å². The minimum atomic E-state index is -0.0618. The summed E-state index contributed by atoms with van der Waals surface area (Å²) in [7, 11) is 2.12. The molecule has 4 aromatic rings. The lowest BCUT2D eigenvalue weighted by atomic mass is 9.80. The molecule has 1 aromatic heterocycles. The second-order valence-corrected chi connectivity index (χ2v) is 13.6. The Balaban J connectivity index is 1.58. The van der Waals surface area contributed by atoms with Crippen molar-refractivity contribution in [3.63, 3.8) is 0 Å². The molecule has 0 radical (unpaired) electrons. The molecule has 4 nitrogen and oxygen atoms in total. The Morgan fingerprint density at radius 1 is 0.780 bits per heavy atom. The third-order valence-electron chi connectivity index (χ3n) is 9.66. The van der Waals surface area contributed by atoms with Crippen LogP contribution in [0.2, 0.25) is 0 Å². The topological polar surface area (TPSA) is 24.3 Å². The van der Waals surface area contributed by atoms with Gasteiger partial charge in [-0.2, -0.15) is 0 Å². The van der Waals surface area contributed by atoms with Crippen LogP contribution in [0.4, 0.5) is 5.69 Å². The fraction of sp³-hybridized carbons (Fsp3) is 0.378. The summed E-state index contributed by atoms with van der Waals surface area (Å²) in [6, 6.07) is 21.4. The second-order valence-electron chi connectivity index (χ2n) is 13.6. The maximum Gasteiger partial charge on any atom is 0.158 e. The van der Waals surface area contributed by atoms with E-state index in [0.29, 0.717) is 17.9 Å². The number of aromatic nitrogens is 2. The van der Waals surface area contributed by atoms with Gasteiger partial charge in [0.15, 0.2) is 5.82 Å². The largest absolute Gasteiger partial charge is 0.343 e. The van der Waals surface area contributed by atoms with Crippen molar-refractivity contribution in [1.82, 2.24) is 14.5 Å². The zero-order valence-corrected chi connectivity index (χ0v) is 25.9. The number of aryl methyl sites for hydroxylation is 1. The van der Waals surface area contributed by atoms with Crippen LogP contribution in [0.15, 0.2) is 67.0 Å². The highest BCUT2D eigenvalue weighted by Crippen LogP contribution is 2.63. The molecule has 210 valence electrons. The highest BCUT2D eigenvalue weighted by atomic mass is 15.5. The number of hydrogen-bond donors (Lipinski definition) is 0. The highest BCUT2D eigenvalue weighted by Gasteiger charge is 2.57. The average Bonchev–Trinajstić information content (AvgIpc) is 3.59. The molecule has 3 aliphatic rings. The monoisotopic (exact) mass is 542 g/mol. The first-order valence-electron chi connectivity index (χ1n) is 15.2. The third kappa shape index (κ3) is 3.43. The van der Waals surface area contributed by atoms with Crippen molar-refractivity contribution in [2.24, 2.45) is 7.05 Å². The third-order valence-corrected chi connectivity index (χ3v) is 9.66. The van der Waals surface area contributed by atoms with E-state index in [2.05, 4.69) is 138 Å². The molecular formula is C37H42N4. The first-order chi connectivity index (χ1) is 19.5. The van der Waals surface area contributed by atoms with Crippen molar-refractivity contribution in [2.75, 3.05) is 4.90 Å². The van der Waals surface area contributed by atoms with Crippen LogP contribution in [0.25, 0.3) is 33.6 Å². The molecule has 0 fully saturated rings. The Kier molecular flexibility index (Phi) is 5.64. The molecule has 41 heavy (non-hydrogen) atoms. The van der Waals surface area contributed by atoms with Gasteiger partial charge in [0, 0.05) is 42.0 Å². The maximum absolute atomic E-state index is 4.92. The van der Waals surface area contributed by atoms with E-state index in [1.807, 2.05) is 6.20 Å². The van der Waals surface area contributed by atoms with E-state index in [1.165, 1.54) is 61.6 Å². The summed E-state index contributed by atoms with van der Waals surface area (Å²) in [4.78, 5) is 10.2. The van der Waals surface area contributed by atoms with Gasteiger partial charge in [-0.15, -0.1) is 0 Å². The van der Waals surface area contributed by atoms with E-state index in [0.717, 1.165) is 5.82 Å². The van der Waals surface area contributed by atoms with Crippen molar-refractivity contribution in [3.05, 3.63) is 95.1 Å². The molecule has 3 aliphatic heterocycles. The van der Waals surface area contributed by atoms with E-state index in [9.17, 15) is 0 Å². The number of rotatable bonds is 5. The smallest absolute Gasteiger partial charge is 0.158 e. The zero-order chi connectivity index (χ0) is 29.0. The molecule has 0 N–H and O–H groups in total. The summed E-state index contributed by atoms with van der Waals surface area (Å²) < 4.78 is 2.18. The molecule has 0 saturated carbocycles. The van der Waals surface area contributed by atoms with Crippen LogP contribution in [0.3, 0.4) is 0 Å². The minimum Gasteiger partial charge on any atom is -0.343 e. The van der Waals surface area contributed by atoms with Gasteiger partial charge >= 0.3 is 0 Å². The lowest BCUT2D eigenvalue weighted by Gasteiger charge is -2.40. The minimum absolute atomic E-state index is 0.0618. The lowest BCUT2D eigenvalue weighted by molar-refractivity contribution is 0.198. The number of nitrogens with zero attached hydrogens (tertiary/aromatic N) is 4. The van der Waals surface area contributed by atoms with Crippen LogP contribution in [0.5, 0.6) is 0 Å². The van der Waals surface area contributed by atoms with Gasteiger partial charge in [0.2, 0.25) is 0 Å². The van der Waals surface area contributed by atoms with Gasteiger partial charge in [-0.05, 0) is 65.1 Å². The van der Waals surface area contributed by atoms with Crippen molar-refractivity contribution in [2.45, 2.75) is 84.8 Å². The number of hydrogen-bond acceptors (Lipinski definition) is 3. The summed E-state index contributed by atoms with van der Waals surface area (Å²) in [5.41, 5.74) is 14.8. The Labute approximate surface area is 245 Å².